The molecule has 1 amide bonds. The molecule has 2 aromatic rings. The van der Waals surface area contributed by atoms with Crippen LogP contribution in [0.15, 0.2) is 48.5 Å². The van der Waals surface area contributed by atoms with Gasteiger partial charge in [-0.2, -0.15) is 5.26 Å². The number of carbonyl (C=O) groups is 1. The molecule has 0 radical (unpaired) electrons. The predicted octanol–water partition coefficient (Wildman–Crippen LogP) is 3.34. The Morgan fingerprint density at radius 1 is 1.25 bits per heavy atom. The zero-order valence-electron chi connectivity index (χ0n) is 10.4. The highest BCUT2D eigenvalue weighted by Gasteiger charge is 2.18. The average Bonchev–Trinajstić information content (AvgIpc) is 2.48. The number of aromatic hydroxyl groups is 1. The fourth-order valence-corrected chi connectivity index (χ4v) is 2.09. The van der Waals surface area contributed by atoms with Crippen LogP contribution in [0.2, 0.25) is 0 Å². The summed E-state index contributed by atoms with van der Waals surface area (Å²) in [6.07, 6.45) is 0. The largest absolute Gasteiger partial charge is 0.506 e. The lowest BCUT2D eigenvalue weighted by molar-refractivity contribution is -0.115. The van der Waals surface area contributed by atoms with E-state index in [2.05, 4.69) is 21.2 Å². The summed E-state index contributed by atoms with van der Waals surface area (Å²) >= 11 is 3.29. The maximum atomic E-state index is 12.1. The van der Waals surface area contributed by atoms with E-state index in [4.69, 9.17) is 5.26 Å². The third-order valence-corrected chi connectivity index (χ3v) is 3.64. The second-order valence-corrected chi connectivity index (χ2v) is 5.02. The minimum absolute atomic E-state index is 0.00586. The molecule has 5 heteroatoms. The van der Waals surface area contributed by atoms with E-state index < -0.39 is 4.83 Å². The van der Waals surface area contributed by atoms with Crippen LogP contribution in [0.25, 0.3) is 0 Å². The Bertz CT molecular complexity index is 680. The van der Waals surface area contributed by atoms with Gasteiger partial charge in [-0.1, -0.05) is 40.2 Å². The number of hydrogen-bond acceptors (Lipinski definition) is 3. The lowest BCUT2D eigenvalue weighted by atomic mass is 10.1. The van der Waals surface area contributed by atoms with Crippen LogP contribution in [0.1, 0.15) is 16.0 Å². The zero-order chi connectivity index (χ0) is 14.5. The van der Waals surface area contributed by atoms with Crippen molar-refractivity contribution in [3.63, 3.8) is 0 Å². The molecule has 0 aliphatic carbocycles. The third kappa shape index (κ3) is 3.16. The Morgan fingerprint density at radius 3 is 2.70 bits per heavy atom. The first-order chi connectivity index (χ1) is 9.61. The quantitative estimate of drug-likeness (QED) is 0.669. The molecule has 0 fully saturated rings. The van der Waals surface area contributed by atoms with E-state index in [1.54, 1.807) is 42.5 Å². The lowest BCUT2D eigenvalue weighted by Crippen LogP contribution is -2.17. The molecule has 2 rings (SSSR count). The molecule has 0 saturated carbocycles. The molecule has 0 heterocycles. The average molecular weight is 331 g/mol. The first-order valence-electron chi connectivity index (χ1n) is 5.85. The number of amides is 1. The maximum Gasteiger partial charge on any atom is 0.242 e. The Hall–Kier alpha value is -2.32. The number of phenolic OH excluding ortho intramolecular Hbond substituents is 1. The van der Waals surface area contributed by atoms with Gasteiger partial charge in [0.05, 0.1) is 17.3 Å². The fraction of sp³-hybridized carbons (Fsp3) is 0.0667. The smallest absolute Gasteiger partial charge is 0.242 e. The first-order valence-corrected chi connectivity index (χ1v) is 6.76. The summed E-state index contributed by atoms with van der Waals surface area (Å²) in [5.41, 5.74) is 1.51. The highest BCUT2D eigenvalue weighted by atomic mass is 79.9. The number of nitrogens with zero attached hydrogens (tertiary/aromatic N) is 1. The zero-order valence-corrected chi connectivity index (χ0v) is 12.0. The van der Waals surface area contributed by atoms with Gasteiger partial charge in [-0.15, -0.1) is 0 Å². The molecular weight excluding hydrogens is 320 g/mol. The molecule has 1 unspecified atom stereocenters. The van der Waals surface area contributed by atoms with Gasteiger partial charge in [0.1, 0.15) is 10.6 Å². The second kappa shape index (κ2) is 6.22. The molecule has 20 heavy (non-hydrogen) atoms. The van der Waals surface area contributed by atoms with Gasteiger partial charge in [0.25, 0.3) is 0 Å². The molecule has 0 spiro atoms. The van der Waals surface area contributed by atoms with Gasteiger partial charge in [0.15, 0.2) is 0 Å². The highest BCUT2D eigenvalue weighted by molar-refractivity contribution is 9.09. The summed E-state index contributed by atoms with van der Waals surface area (Å²) in [6.45, 7) is 0. The molecule has 0 saturated heterocycles. The molecule has 0 aromatic heterocycles. The minimum Gasteiger partial charge on any atom is -0.506 e. The van der Waals surface area contributed by atoms with Gasteiger partial charge in [-0.3, -0.25) is 4.79 Å². The van der Waals surface area contributed by atoms with Gasteiger partial charge >= 0.3 is 0 Å². The van der Waals surface area contributed by atoms with Gasteiger partial charge in [-0.05, 0) is 29.8 Å². The third-order valence-electron chi connectivity index (χ3n) is 2.70. The van der Waals surface area contributed by atoms with Gasteiger partial charge in [0, 0.05) is 0 Å². The summed E-state index contributed by atoms with van der Waals surface area (Å²) in [5.74, 6) is -0.312. The van der Waals surface area contributed by atoms with Gasteiger partial charge in [0.2, 0.25) is 5.91 Å². The normalized spacial score (nSPS) is 11.4. The first kappa shape index (κ1) is 14.1. The van der Waals surface area contributed by atoms with Crippen molar-refractivity contribution >= 4 is 27.5 Å². The molecule has 4 nitrogen and oxygen atoms in total. The van der Waals surface area contributed by atoms with Crippen LogP contribution in [0.4, 0.5) is 5.69 Å². The number of nitrogens with one attached hydrogen (secondary N) is 1. The second-order valence-electron chi connectivity index (χ2n) is 4.11. The van der Waals surface area contributed by atoms with Crippen LogP contribution in [0.5, 0.6) is 5.75 Å². The summed E-state index contributed by atoms with van der Waals surface area (Å²) in [4.78, 5) is 11.5. The predicted molar refractivity (Wildman–Crippen MR) is 79.6 cm³/mol. The number of phenols is 1. The van der Waals surface area contributed by atoms with Crippen molar-refractivity contribution in [1.29, 1.82) is 5.26 Å². The van der Waals surface area contributed by atoms with Crippen molar-refractivity contribution in [2.24, 2.45) is 0 Å². The van der Waals surface area contributed by atoms with Crippen LogP contribution in [-0.4, -0.2) is 11.0 Å². The van der Waals surface area contributed by atoms with E-state index in [0.717, 1.165) is 0 Å². The molecule has 0 bridgehead atoms. The monoisotopic (exact) mass is 330 g/mol. The SMILES string of the molecule is N#Cc1cccc(C(Br)C(=O)Nc2ccccc2O)c1. The molecule has 0 aliphatic rings. The number of carbonyl (C=O) groups excluding carboxylic acids is 1. The number of hydrogen-bond donors (Lipinski definition) is 2. The Balaban J connectivity index is 2.17. The van der Waals surface area contributed by atoms with Crippen LogP contribution in [-0.2, 0) is 4.79 Å². The van der Waals surface area contributed by atoms with Crippen molar-refractivity contribution in [1.82, 2.24) is 0 Å². The van der Waals surface area contributed by atoms with E-state index in [0.29, 0.717) is 16.8 Å². The molecule has 2 aromatic carbocycles. The fourth-order valence-electron chi connectivity index (χ4n) is 1.69. The number of para-hydroxylation sites is 2. The van der Waals surface area contributed by atoms with Crippen molar-refractivity contribution in [3.8, 4) is 11.8 Å². The molecule has 100 valence electrons. The van der Waals surface area contributed by atoms with Crippen LogP contribution in [0, 0.1) is 11.3 Å². The number of rotatable bonds is 3. The minimum atomic E-state index is -0.601. The van der Waals surface area contributed by atoms with Crippen LogP contribution < -0.4 is 5.32 Å². The maximum absolute atomic E-state index is 12.1. The van der Waals surface area contributed by atoms with Crippen molar-refractivity contribution in [2.45, 2.75) is 4.83 Å². The number of halogens is 1. The van der Waals surface area contributed by atoms with Crippen molar-refractivity contribution in [2.75, 3.05) is 5.32 Å². The van der Waals surface area contributed by atoms with E-state index in [1.807, 2.05) is 6.07 Å². The Kier molecular flexibility index (Phi) is 4.38. The molecular formula is C15H11BrN2O2. The number of anilines is 1. The summed E-state index contributed by atoms with van der Waals surface area (Å²) in [7, 11) is 0. The topological polar surface area (TPSA) is 73.1 Å². The van der Waals surface area contributed by atoms with Gasteiger partial charge in [-0.25, -0.2) is 0 Å². The van der Waals surface area contributed by atoms with Crippen LogP contribution in [0.3, 0.4) is 0 Å². The Labute approximate surface area is 124 Å². The van der Waals surface area contributed by atoms with E-state index in [-0.39, 0.29) is 11.7 Å². The van der Waals surface area contributed by atoms with Crippen LogP contribution >= 0.6 is 15.9 Å². The molecule has 0 aliphatic heterocycles. The summed E-state index contributed by atoms with van der Waals surface area (Å²) in [5, 5.41) is 21.1. The van der Waals surface area contributed by atoms with E-state index in [1.165, 1.54) is 6.07 Å². The number of alkyl halides is 1. The molecule has 1 atom stereocenters. The van der Waals surface area contributed by atoms with Crippen molar-refractivity contribution in [3.05, 3.63) is 59.7 Å². The summed E-state index contributed by atoms with van der Waals surface area (Å²) < 4.78 is 0. The number of nitriles is 1. The number of benzene rings is 2. The lowest BCUT2D eigenvalue weighted by Gasteiger charge is -2.12. The van der Waals surface area contributed by atoms with E-state index >= 15 is 0 Å². The Morgan fingerprint density at radius 2 is 2.00 bits per heavy atom. The van der Waals surface area contributed by atoms with Crippen molar-refractivity contribution < 1.29 is 9.90 Å². The summed E-state index contributed by atoms with van der Waals surface area (Å²) in [6, 6.07) is 15.3. The molecule has 2 N–H and O–H groups in total. The highest BCUT2D eigenvalue weighted by Crippen LogP contribution is 2.28. The van der Waals surface area contributed by atoms with Gasteiger partial charge < -0.3 is 10.4 Å². The van der Waals surface area contributed by atoms with E-state index in [9.17, 15) is 9.90 Å². The standard InChI is InChI=1S/C15H11BrN2O2/c16-14(11-5-3-4-10(8-11)9-17)15(20)18-12-6-1-2-7-13(12)19/h1-8,14,19H,(H,18,20).